The van der Waals surface area contributed by atoms with E-state index in [1.807, 2.05) is 55.5 Å². The van der Waals surface area contributed by atoms with Crippen molar-refractivity contribution in [3.63, 3.8) is 0 Å². The zero-order chi connectivity index (χ0) is 27.1. The summed E-state index contributed by atoms with van der Waals surface area (Å²) < 4.78 is 13.2. The second-order valence-electron chi connectivity index (χ2n) is 8.02. The van der Waals surface area contributed by atoms with E-state index in [-0.39, 0.29) is 18.2 Å². The number of nitro benzene ring substituents is 1. The van der Waals surface area contributed by atoms with E-state index in [2.05, 4.69) is 45.2 Å². The van der Waals surface area contributed by atoms with Crippen molar-refractivity contribution in [2.24, 2.45) is 4.99 Å². The smallest absolute Gasteiger partial charge is 0.269 e. The van der Waals surface area contributed by atoms with Crippen molar-refractivity contribution < 1.29 is 19.2 Å². The lowest BCUT2D eigenvalue weighted by atomic mass is 10.2. The van der Waals surface area contributed by atoms with Gasteiger partial charge in [-0.2, -0.15) is 0 Å². The summed E-state index contributed by atoms with van der Waals surface area (Å²) in [4.78, 5) is 30.9. The SMILES string of the molecule is CCOCCN1C(=O)/C(=C/c2cc(I)c(OCc3cccc([N+](=O)[O-])c3)c(I)c2)SC1=Nc1ccccc1. The Morgan fingerprint density at radius 1 is 1.08 bits per heavy atom. The maximum atomic E-state index is 13.3. The van der Waals surface area contributed by atoms with Crippen LogP contribution in [0.4, 0.5) is 11.4 Å². The number of thioether (sulfide) groups is 1. The normalized spacial score (nSPS) is 15.4. The molecule has 0 bridgehead atoms. The number of nitro groups is 1. The highest BCUT2D eigenvalue weighted by Crippen LogP contribution is 2.36. The van der Waals surface area contributed by atoms with Gasteiger partial charge in [0.15, 0.2) is 5.17 Å². The second kappa shape index (κ2) is 13.5. The van der Waals surface area contributed by atoms with Crippen molar-refractivity contribution in [3.8, 4) is 5.75 Å². The molecular formula is C27H23I2N3O5S. The highest BCUT2D eigenvalue weighted by Gasteiger charge is 2.33. The number of ether oxygens (including phenoxy) is 2. The Kier molecular flexibility index (Phi) is 10.2. The zero-order valence-corrected chi connectivity index (χ0v) is 25.4. The summed E-state index contributed by atoms with van der Waals surface area (Å²) in [7, 11) is 0. The summed E-state index contributed by atoms with van der Waals surface area (Å²) >= 11 is 5.74. The van der Waals surface area contributed by atoms with Crippen LogP contribution < -0.4 is 4.74 Å². The van der Waals surface area contributed by atoms with Gasteiger partial charge in [0, 0.05) is 18.7 Å². The lowest BCUT2D eigenvalue weighted by Crippen LogP contribution is -2.32. The predicted molar refractivity (Wildman–Crippen MR) is 167 cm³/mol. The number of halogens is 2. The third-order valence-electron chi connectivity index (χ3n) is 5.36. The molecule has 1 aliphatic rings. The lowest BCUT2D eigenvalue weighted by Gasteiger charge is -2.15. The molecule has 4 rings (SSSR count). The van der Waals surface area contributed by atoms with Crippen molar-refractivity contribution in [1.29, 1.82) is 0 Å². The summed E-state index contributed by atoms with van der Waals surface area (Å²) in [6.45, 7) is 3.55. The van der Waals surface area contributed by atoms with E-state index in [1.165, 1.54) is 23.9 Å². The van der Waals surface area contributed by atoms with Crippen molar-refractivity contribution in [2.75, 3.05) is 19.8 Å². The molecule has 0 atom stereocenters. The Balaban J connectivity index is 1.55. The van der Waals surface area contributed by atoms with E-state index in [0.717, 1.165) is 18.4 Å². The number of amidine groups is 1. The lowest BCUT2D eigenvalue weighted by molar-refractivity contribution is -0.384. The summed E-state index contributed by atoms with van der Waals surface area (Å²) in [6, 6.07) is 19.8. The van der Waals surface area contributed by atoms with Crippen LogP contribution in [-0.4, -0.2) is 40.7 Å². The van der Waals surface area contributed by atoms with Crippen LogP contribution in [0.5, 0.6) is 5.75 Å². The van der Waals surface area contributed by atoms with Crippen LogP contribution in [0.3, 0.4) is 0 Å². The molecule has 0 spiro atoms. The third kappa shape index (κ3) is 7.33. The van der Waals surface area contributed by atoms with Crippen LogP contribution >= 0.6 is 56.9 Å². The number of carbonyl (C=O) groups excluding carboxylic acids is 1. The number of rotatable bonds is 10. The summed E-state index contributed by atoms with van der Waals surface area (Å²) in [5.41, 5.74) is 2.38. The number of hydrogen-bond donors (Lipinski definition) is 0. The van der Waals surface area contributed by atoms with Gasteiger partial charge in [0.25, 0.3) is 11.6 Å². The average Bonchev–Trinajstić information content (AvgIpc) is 3.18. The maximum Gasteiger partial charge on any atom is 0.269 e. The van der Waals surface area contributed by atoms with Crippen molar-refractivity contribution in [2.45, 2.75) is 13.5 Å². The Morgan fingerprint density at radius 2 is 1.82 bits per heavy atom. The Hall–Kier alpha value is -2.49. The molecule has 0 aromatic heterocycles. The Morgan fingerprint density at radius 3 is 2.50 bits per heavy atom. The quantitative estimate of drug-likeness (QED) is 0.0727. The minimum atomic E-state index is -0.421. The first-order valence-electron chi connectivity index (χ1n) is 11.6. The fourth-order valence-corrected chi connectivity index (χ4v) is 6.72. The van der Waals surface area contributed by atoms with Gasteiger partial charge in [0.2, 0.25) is 0 Å². The molecule has 0 aliphatic carbocycles. The van der Waals surface area contributed by atoms with Crippen LogP contribution in [0.2, 0.25) is 0 Å². The molecule has 3 aromatic carbocycles. The third-order valence-corrected chi connectivity index (χ3v) is 7.96. The molecule has 1 fully saturated rings. The molecular weight excluding hydrogens is 732 g/mol. The second-order valence-corrected chi connectivity index (χ2v) is 11.4. The highest BCUT2D eigenvalue weighted by atomic mass is 127. The van der Waals surface area contributed by atoms with Gasteiger partial charge in [0.1, 0.15) is 12.4 Å². The first-order chi connectivity index (χ1) is 18.4. The average molecular weight is 755 g/mol. The van der Waals surface area contributed by atoms with Gasteiger partial charge in [-0.1, -0.05) is 30.3 Å². The molecule has 0 saturated carbocycles. The number of non-ortho nitro benzene ring substituents is 1. The number of hydrogen-bond acceptors (Lipinski definition) is 7. The topological polar surface area (TPSA) is 94.3 Å². The Bertz CT molecular complexity index is 1380. The van der Waals surface area contributed by atoms with Gasteiger partial charge in [-0.15, -0.1) is 0 Å². The van der Waals surface area contributed by atoms with E-state index >= 15 is 0 Å². The van der Waals surface area contributed by atoms with Crippen LogP contribution in [-0.2, 0) is 16.1 Å². The molecule has 3 aromatic rings. The first kappa shape index (κ1) is 28.5. The molecule has 38 heavy (non-hydrogen) atoms. The van der Waals surface area contributed by atoms with Crippen molar-refractivity contribution in [3.05, 3.63) is 100 Å². The minimum absolute atomic E-state index is 0.0293. The van der Waals surface area contributed by atoms with Gasteiger partial charge >= 0.3 is 0 Å². The monoisotopic (exact) mass is 755 g/mol. The largest absolute Gasteiger partial charge is 0.487 e. The summed E-state index contributed by atoms with van der Waals surface area (Å²) in [5, 5.41) is 11.7. The Labute approximate surface area is 251 Å². The number of aliphatic imine (C=N–C) groups is 1. The molecule has 1 saturated heterocycles. The van der Waals surface area contributed by atoms with Crippen LogP contribution in [0.15, 0.2) is 76.6 Å². The molecule has 1 aliphatic heterocycles. The number of carbonyl (C=O) groups is 1. The first-order valence-corrected chi connectivity index (χ1v) is 14.6. The van der Waals surface area contributed by atoms with Gasteiger partial charge in [-0.25, -0.2) is 4.99 Å². The van der Waals surface area contributed by atoms with Gasteiger partial charge in [-0.05, 0) is 105 Å². The molecule has 8 nitrogen and oxygen atoms in total. The zero-order valence-electron chi connectivity index (χ0n) is 20.3. The molecule has 1 heterocycles. The summed E-state index contributed by atoms with van der Waals surface area (Å²) in [6.07, 6.45) is 1.86. The predicted octanol–water partition coefficient (Wildman–Crippen LogP) is 7.02. The molecule has 1 amide bonds. The van der Waals surface area contributed by atoms with E-state index < -0.39 is 4.92 Å². The van der Waals surface area contributed by atoms with Gasteiger partial charge < -0.3 is 9.47 Å². The number of amides is 1. The van der Waals surface area contributed by atoms with E-state index in [0.29, 0.717) is 41.1 Å². The number of nitrogens with zero attached hydrogens (tertiary/aromatic N) is 3. The van der Waals surface area contributed by atoms with Crippen molar-refractivity contribution in [1.82, 2.24) is 4.90 Å². The molecule has 0 N–H and O–H groups in total. The fourth-order valence-electron chi connectivity index (χ4n) is 3.57. The maximum absolute atomic E-state index is 13.3. The van der Waals surface area contributed by atoms with Crippen LogP contribution in [0, 0.1) is 17.3 Å². The fraction of sp³-hybridized carbons (Fsp3) is 0.185. The molecule has 11 heteroatoms. The molecule has 196 valence electrons. The van der Waals surface area contributed by atoms with Gasteiger partial charge in [0.05, 0.1) is 35.8 Å². The van der Waals surface area contributed by atoms with E-state index in [4.69, 9.17) is 14.5 Å². The number of para-hydroxylation sites is 1. The van der Waals surface area contributed by atoms with Crippen LogP contribution in [0.1, 0.15) is 18.1 Å². The highest BCUT2D eigenvalue weighted by molar-refractivity contribution is 14.1. The standard InChI is InChI=1S/C27H23I2N3O5S/c1-2-36-12-11-31-26(33)24(38-27(31)30-20-8-4-3-5-9-20)16-19-14-22(28)25(23(29)15-19)37-17-18-7-6-10-21(13-18)32(34)35/h3-10,13-16H,2,11-12,17H2,1H3/b24-16-,30-27?. The van der Waals surface area contributed by atoms with Crippen LogP contribution in [0.25, 0.3) is 6.08 Å². The van der Waals surface area contributed by atoms with Gasteiger partial charge in [-0.3, -0.25) is 19.8 Å². The van der Waals surface area contributed by atoms with E-state index in [9.17, 15) is 14.9 Å². The van der Waals surface area contributed by atoms with Crippen molar-refractivity contribution >= 4 is 85.5 Å². The molecule has 0 unspecified atom stereocenters. The van der Waals surface area contributed by atoms with E-state index in [1.54, 1.807) is 17.0 Å². The summed E-state index contributed by atoms with van der Waals surface area (Å²) in [5.74, 6) is 0.579. The molecule has 0 radical (unpaired) electrons. The minimum Gasteiger partial charge on any atom is -0.487 e. The number of benzene rings is 3.